The van der Waals surface area contributed by atoms with Gasteiger partial charge in [-0.25, -0.2) is 9.18 Å². The Hall–Kier alpha value is -1.20. The minimum atomic E-state index is -0.627. The summed E-state index contributed by atoms with van der Waals surface area (Å²) in [6.07, 6.45) is 1.44. The van der Waals surface area contributed by atoms with Gasteiger partial charge in [0.25, 0.3) is 0 Å². The van der Waals surface area contributed by atoms with Crippen LogP contribution < -0.4 is 5.32 Å². The molecule has 1 saturated heterocycles. The van der Waals surface area contributed by atoms with Crippen molar-refractivity contribution < 1.29 is 13.9 Å². The van der Waals surface area contributed by atoms with Gasteiger partial charge in [-0.2, -0.15) is 0 Å². The molecule has 23 heavy (non-hydrogen) atoms. The molecular formula is C16H21Cl2FN2O2. The van der Waals surface area contributed by atoms with Crippen LogP contribution in [0.15, 0.2) is 12.1 Å². The number of anilines is 1. The fourth-order valence-electron chi connectivity index (χ4n) is 2.46. The van der Waals surface area contributed by atoms with E-state index >= 15 is 0 Å². The van der Waals surface area contributed by atoms with Crippen LogP contribution in [0.3, 0.4) is 0 Å². The van der Waals surface area contributed by atoms with Gasteiger partial charge in [0, 0.05) is 24.8 Å². The predicted molar refractivity (Wildman–Crippen MR) is 90.9 cm³/mol. The third-order valence-electron chi connectivity index (χ3n) is 3.43. The standard InChI is InChI=1S/C16H21Cl2FN2O2/c1-16(2,3)23-15(22)21-6-4-5-10(9-21)20-11-7-12(17)14(19)13(18)8-11/h7-8,10,20H,4-6,9H2,1-3H3. The first-order valence-electron chi connectivity index (χ1n) is 7.55. The van der Waals surface area contributed by atoms with E-state index in [-0.39, 0.29) is 22.2 Å². The van der Waals surface area contributed by atoms with Crippen LogP contribution in [0.4, 0.5) is 14.9 Å². The Labute approximate surface area is 145 Å². The van der Waals surface area contributed by atoms with Crippen LogP contribution in [-0.2, 0) is 4.74 Å². The monoisotopic (exact) mass is 362 g/mol. The lowest BCUT2D eigenvalue weighted by atomic mass is 10.1. The fraction of sp³-hybridized carbons (Fsp3) is 0.562. The highest BCUT2D eigenvalue weighted by molar-refractivity contribution is 6.35. The van der Waals surface area contributed by atoms with E-state index in [9.17, 15) is 9.18 Å². The van der Waals surface area contributed by atoms with Gasteiger partial charge < -0.3 is 15.0 Å². The molecule has 0 bridgehead atoms. The number of ether oxygens (including phenoxy) is 1. The molecule has 4 nitrogen and oxygen atoms in total. The molecule has 1 fully saturated rings. The molecule has 128 valence electrons. The number of nitrogens with one attached hydrogen (secondary N) is 1. The average Bonchev–Trinajstić information content (AvgIpc) is 2.43. The van der Waals surface area contributed by atoms with E-state index in [2.05, 4.69) is 5.32 Å². The second-order valence-corrected chi connectivity index (χ2v) is 7.48. The summed E-state index contributed by atoms with van der Waals surface area (Å²) in [6.45, 7) is 6.70. The summed E-state index contributed by atoms with van der Waals surface area (Å²) in [6, 6.07) is 3.03. The van der Waals surface area contributed by atoms with Crippen LogP contribution in [0.1, 0.15) is 33.6 Å². The number of carbonyl (C=O) groups excluding carboxylic acids is 1. The molecule has 1 aromatic rings. The second-order valence-electron chi connectivity index (χ2n) is 6.66. The molecule has 0 radical (unpaired) electrons. The highest BCUT2D eigenvalue weighted by atomic mass is 35.5. The van der Waals surface area contributed by atoms with Gasteiger partial charge >= 0.3 is 6.09 Å². The maximum Gasteiger partial charge on any atom is 0.410 e. The van der Waals surface area contributed by atoms with Gasteiger partial charge in [0.05, 0.1) is 10.0 Å². The van der Waals surface area contributed by atoms with Crippen molar-refractivity contribution in [3.63, 3.8) is 0 Å². The maximum absolute atomic E-state index is 13.5. The quantitative estimate of drug-likeness (QED) is 0.757. The molecule has 7 heteroatoms. The van der Waals surface area contributed by atoms with Crippen molar-refractivity contribution in [3.05, 3.63) is 28.0 Å². The summed E-state index contributed by atoms with van der Waals surface area (Å²) in [5.41, 5.74) is 0.118. The summed E-state index contributed by atoms with van der Waals surface area (Å²) in [5.74, 6) is -0.627. The van der Waals surface area contributed by atoms with Crippen LogP contribution in [0.5, 0.6) is 0 Å². The predicted octanol–water partition coefficient (Wildman–Crippen LogP) is 4.94. The Morgan fingerprint density at radius 3 is 2.52 bits per heavy atom. The van der Waals surface area contributed by atoms with E-state index in [0.29, 0.717) is 18.8 Å². The Morgan fingerprint density at radius 1 is 1.35 bits per heavy atom. The van der Waals surface area contributed by atoms with E-state index < -0.39 is 11.4 Å². The molecule has 2 rings (SSSR count). The largest absolute Gasteiger partial charge is 0.444 e. The van der Waals surface area contributed by atoms with Crippen LogP contribution >= 0.6 is 23.2 Å². The number of benzene rings is 1. The molecule has 1 aliphatic rings. The number of piperidine rings is 1. The SMILES string of the molecule is CC(C)(C)OC(=O)N1CCCC(Nc2cc(Cl)c(F)c(Cl)c2)C1. The summed E-state index contributed by atoms with van der Waals surface area (Å²) in [4.78, 5) is 13.8. The average molecular weight is 363 g/mol. The van der Waals surface area contributed by atoms with E-state index in [1.165, 1.54) is 12.1 Å². The van der Waals surface area contributed by atoms with Crippen LogP contribution in [0.2, 0.25) is 10.0 Å². The summed E-state index contributed by atoms with van der Waals surface area (Å²) < 4.78 is 18.9. The number of carbonyl (C=O) groups is 1. The number of nitrogens with zero attached hydrogens (tertiary/aromatic N) is 1. The lowest BCUT2D eigenvalue weighted by Crippen LogP contribution is -2.46. The van der Waals surface area contributed by atoms with Crippen LogP contribution in [0.25, 0.3) is 0 Å². The van der Waals surface area contributed by atoms with Crippen molar-refractivity contribution in [3.8, 4) is 0 Å². The van der Waals surface area contributed by atoms with E-state index in [0.717, 1.165) is 12.8 Å². The van der Waals surface area contributed by atoms with Crippen molar-refractivity contribution in [2.75, 3.05) is 18.4 Å². The molecule has 1 amide bonds. The molecule has 1 heterocycles. The normalized spacial score (nSPS) is 18.7. The van der Waals surface area contributed by atoms with Gasteiger partial charge in [-0.15, -0.1) is 0 Å². The Balaban J connectivity index is 2.00. The molecule has 0 aromatic heterocycles. The fourth-order valence-corrected chi connectivity index (χ4v) is 2.95. The van der Waals surface area contributed by atoms with Gasteiger partial charge in [0.15, 0.2) is 5.82 Å². The number of halogens is 3. The molecule has 1 N–H and O–H groups in total. The van der Waals surface area contributed by atoms with Gasteiger partial charge in [-0.05, 0) is 45.7 Å². The Kier molecular flexibility index (Phi) is 5.63. The number of rotatable bonds is 2. The van der Waals surface area contributed by atoms with Crippen molar-refractivity contribution in [2.24, 2.45) is 0 Å². The molecule has 0 aliphatic carbocycles. The molecule has 1 aliphatic heterocycles. The molecule has 0 spiro atoms. The number of hydrogen-bond donors (Lipinski definition) is 1. The number of hydrogen-bond acceptors (Lipinski definition) is 3. The number of amides is 1. The zero-order valence-electron chi connectivity index (χ0n) is 13.5. The molecular weight excluding hydrogens is 342 g/mol. The van der Waals surface area contributed by atoms with Gasteiger partial charge in [0.1, 0.15) is 5.60 Å². The van der Waals surface area contributed by atoms with Crippen molar-refractivity contribution in [2.45, 2.75) is 45.3 Å². The van der Waals surface area contributed by atoms with Crippen molar-refractivity contribution in [1.82, 2.24) is 4.90 Å². The first-order valence-corrected chi connectivity index (χ1v) is 8.30. The Morgan fingerprint density at radius 2 is 1.96 bits per heavy atom. The minimum absolute atomic E-state index is 0.0280. The first kappa shape index (κ1) is 18.1. The van der Waals surface area contributed by atoms with Crippen molar-refractivity contribution >= 4 is 35.0 Å². The molecule has 1 unspecified atom stereocenters. The van der Waals surface area contributed by atoms with E-state index in [1.807, 2.05) is 20.8 Å². The molecule has 0 saturated carbocycles. The third-order valence-corrected chi connectivity index (χ3v) is 3.98. The van der Waals surface area contributed by atoms with Gasteiger partial charge in [0.2, 0.25) is 0 Å². The number of likely N-dealkylation sites (tertiary alicyclic amines) is 1. The summed E-state index contributed by atoms with van der Waals surface area (Å²) >= 11 is 11.6. The van der Waals surface area contributed by atoms with Gasteiger partial charge in [-0.1, -0.05) is 23.2 Å². The van der Waals surface area contributed by atoms with Gasteiger partial charge in [-0.3, -0.25) is 0 Å². The summed E-state index contributed by atoms with van der Waals surface area (Å²) in [5, 5.41) is 3.20. The topological polar surface area (TPSA) is 41.6 Å². The zero-order chi connectivity index (χ0) is 17.2. The van der Waals surface area contributed by atoms with Crippen LogP contribution in [0, 0.1) is 5.82 Å². The molecule has 1 atom stereocenters. The maximum atomic E-state index is 13.5. The zero-order valence-corrected chi connectivity index (χ0v) is 15.0. The lowest BCUT2D eigenvalue weighted by Gasteiger charge is -2.34. The summed E-state index contributed by atoms with van der Waals surface area (Å²) in [7, 11) is 0. The van der Waals surface area contributed by atoms with E-state index in [1.54, 1.807) is 4.90 Å². The first-order chi connectivity index (χ1) is 10.7. The second kappa shape index (κ2) is 7.14. The van der Waals surface area contributed by atoms with Crippen LogP contribution in [-0.4, -0.2) is 35.7 Å². The highest BCUT2D eigenvalue weighted by Crippen LogP contribution is 2.28. The Bertz CT molecular complexity index is 567. The molecule has 1 aromatic carbocycles. The highest BCUT2D eigenvalue weighted by Gasteiger charge is 2.27. The lowest BCUT2D eigenvalue weighted by molar-refractivity contribution is 0.0206. The minimum Gasteiger partial charge on any atom is -0.444 e. The van der Waals surface area contributed by atoms with E-state index in [4.69, 9.17) is 27.9 Å². The third kappa shape index (κ3) is 5.15. The van der Waals surface area contributed by atoms with Crippen molar-refractivity contribution in [1.29, 1.82) is 0 Å². The smallest absolute Gasteiger partial charge is 0.410 e.